The second-order valence-corrected chi connectivity index (χ2v) is 6.79. The number of aromatic carboxylic acids is 1. The van der Waals surface area contributed by atoms with Crippen molar-refractivity contribution in [2.24, 2.45) is 5.10 Å². The SMILES string of the molecule is Cc1cc(C(=O)O)ccc1-c1ccc(/C=N/NC(=O)Nc2cccc(Br)c2)o1. The third-order valence-corrected chi connectivity index (χ3v) is 4.30. The van der Waals surface area contributed by atoms with Gasteiger partial charge >= 0.3 is 12.0 Å². The van der Waals surface area contributed by atoms with Crippen molar-refractivity contribution in [2.75, 3.05) is 5.32 Å². The number of carboxylic acid groups (broad SMARTS) is 1. The van der Waals surface area contributed by atoms with Gasteiger partial charge in [0.15, 0.2) is 0 Å². The fraction of sp³-hybridized carbons (Fsp3) is 0.0500. The van der Waals surface area contributed by atoms with Crippen molar-refractivity contribution in [1.82, 2.24) is 5.43 Å². The molecule has 2 amide bonds. The van der Waals surface area contributed by atoms with Crippen molar-refractivity contribution < 1.29 is 19.1 Å². The van der Waals surface area contributed by atoms with E-state index in [1.807, 2.05) is 13.0 Å². The summed E-state index contributed by atoms with van der Waals surface area (Å²) in [6.07, 6.45) is 1.38. The van der Waals surface area contributed by atoms with Crippen LogP contribution in [0.4, 0.5) is 10.5 Å². The minimum absolute atomic E-state index is 0.218. The van der Waals surface area contributed by atoms with Gasteiger partial charge in [-0.1, -0.05) is 28.1 Å². The fourth-order valence-corrected chi connectivity index (χ4v) is 2.92. The van der Waals surface area contributed by atoms with Gasteiger partial charge in [-0.3, -0.25) is 0 Å². The topological polar surface area (TPSA) is 104 Å². The van der Waals surface area contributed by atoms with Crippen LogP contribution < -0.4 is 10.7 Å². The number of halogens is 1. The van der Waals surface area contributed by atoms with Gasteiger partial charge in [-0.15, -0.1) is 0 Å². The molecule has 1 aromatic heterocycles. The molecule has 0 unspecified atom stereocenters. The first-order chi connectivity index (χ1) is 13.4. The highest BCUT2D eigenvalue weighted by molar-refractivity contribution is 9.10. The molecule has 0 aliphatic carbocycles. The Bertz CT molecular complexity index is 1060. The molecule has 8 heteroatoms. The number of nitrogens with zero attached hydrogens (tertiary/aromatic N) is 1. The number of carbonyl (C=O) groups is 2. The highest BCUT2D eigenvalue weighted by Crippen LogP contribution is 2.26. The van der Waals surface area contributed by atoms with Crippen LogP contribution in [0.25, 0.3) is 11.3 Å². The Kier molecular flexibility index (Phi) is 5.90. The van der Waals surface area contributed by atoms with Crippen LogP contribution in [-0.2, 0) is 0 Å². The molecule has 2 aromatic carbocycles. The molecule has 0 atom stereocenters. The van der Waals surface area contributed by atoms with Gasteiger partial charge in [0.25, 0.3) is 0 Å². The second-order valence-electron chi connectivity index (χ2n) is 5.87. The number of nitrogens with one attached hydrogen (secondary N) is 2. The van der Waals surface area contributed by atoms with Crippen molar-refractivity contribution in [3.05, 3.63) is 76.0 Å². The van der Waals surface area contributed by atoms with E-state index in [-0.39, 0.29) is 5.56 Å². The largest absolute Gasteiger partial charge is 0.478 e. The number of aryl methyl sites for hydroxylation is 1. The van der Waals surface area contributed by atoms with Gasteiger partial charge in [0.05, 0.1) is 11.8 Å². The number of urea groups is 1. The average Bonchev–Trinajstić information content (AvgIpc) is 3.10. The van der Waals surface area contributed by atoms with E-state index in [0.29, 0.717) is 17.2 Å². The van der Waals surface area contributed by atoms with Crippen molar-refractivity contribution in [1.29, 1.82) is 0 Å². The summed E-state index contributed by atoms with van der Waals surface area (Å²) < 4.78 is 6.54. The molecule has 0 saturated heterocycles. The molecule has 0 aliphatic rings. The van der Waals surface area contributed by atoms with Gasteiger partial charge in [0.2, 0.25) is 0 Å². The molecule has 0 aliphatic heterocycles. The molecule has 0 spiro atoms. The van der Waals surface area contributed by atoms with Gasteiger partial charge in [-0.05, 0) is 55.0 Å². The second kappa shape index (κ2) is 8.53. The third kappa shape index (κ3) is 4.86. The maximum Gasteiger partial charge on any atom is 0.339 e. The maximum atomic E-state index is 11.8. The van der Waals surface area contributed by atoms with Crippen molar-refractivity contribution in [3.8, 4) is 11.3 Å². The molecule has 142 valence electrons. The number of amides is 2. The highest BCUT2D eigenvalue weighted by Gasteiger charge is 2.10. The van der Waals surface area contributed by atoms with Gasteiger partial charge < -0.3 is 14.8 Å². The smallest absolute Gasteiger partial charge is 0.339 e. The summed E-state index contributed by atoms with van der Waals surface area (Å²) in [6.45, 7) is 1.81. The van der Waals surface area contributed by atoms with Crippen LogP contribution >= 0.6 is 15.9 Å². The summed E-state index contributed by atoms with van der Waals surface area (Å²) in [4.78, 5) is 22.9. The summed E-state index contributed by atoms with van der Waals surface area (Å²) in [5.74, 6) is 0.0445. The van der Waals surface area contributed by atoms with Crippen LogP contribution in [0.1, 0.15) is 21.7 Å². The van der Waals surface area contributed by atoms with Gasteiger partial charge in [0, 0.05) is 15.7 Å². The minimum Gasteiger partial charge on any atom is -0.478 e. The highest BCUT2D eigenvalue weighted by atomic mass is 79.9. The molecule has 28 heavy (non-hydrogen) atoms. The first-order valence-corrected chi connectivity index (χ1v) is 9.01. The molecule has 3 rings (SSSR count). The van der Waals surface area contributed by atoms with E-state index < -0.39 is 12.0 Å². The Hall–Kier alpha value is -3.39. The number of anilines is 1. The normalized spacial score (nSPS) is 10.8. The molecular weight excluding hydrogens is 426 g/mol. The lowest BCUT2D eigenvalue weighted by Crippen LogP contribution is -2.24. The monoisotopic (exact) mass is 441 g/mol. The first kappa shape index (κ1) is 19.4. The van der Waals surface area contributed by atoms with Crippen LogP contribution in [0.3, 0.4) is 0 Å². The predicted molar refractivity (Wildman–Crippen MR) is 110 cm³/mol. The molecule has 0 bridgehead atoms. The van der Waals surface area contributed by atoms with Gasteiger partial charge in [0.1, 0.15) is 11.5 Å². The average molecular weight is 442 g/mol. The van der Waals surface area contributed by atoms with Gasteiger partial charge in [-0.25, -0.2) is 15.0 Å². The Labute approximate surface area is 169 Å². The molecule has 1 heterocycles. The van der Waals surface area contributed by atoms with Crippen molar-refractivity contribution >= 4 is 39.8 Å². The van der Waals surface area contributed by atoms with Crippen molar-refractivity contribution in [3.63, 3.8) is 0 Å². The Morgan fingerprint density at radius 3 is 2.68 bits per heavy atom. The molecular formula is C20H16BrN3O4. The lowest BCUT2D eigenvalue weighted by atomic mass is 10.0. The summed E-state index contributed by atoms with van der Waals surface area (Å²) >= 11 is 3.33. The first-order valence-electron chi connectivity index (χ1n) is 8.22. The van der Waals surface area contributed by atoms with E-state index in [9.17, 15) is 9.59 Å². The van der Waals surface area contributed by atoms with Crippen LogP contribution in [0.2, 0.25) is 0 Å². The maximum absolute atomic E-state index is 11.8. The van der Waals surface area contributed by atoms with E-state index in [1.165, 1.54) is 12.3 Å². The number of hydrogen-bond acceptors (Lipinski definition) is 4. The number of rotatable bonds is 5. The van der Waals surface area contributed by atoms with E-state index in [1.54, 1.807) is 42.5 Å². The number of benzene rings is 2. The zero-order valence-corrected chi connectivity index (χ0v) is 16.4. The number of hydrazone groups is 1. The molecule has 0 fully saturated rings. The van der Waals surface area contributed by atoms with E-state index in [4.69, 9.17) is 9.52 Å². The van der Waals surface area contributed by atoms with Crippen LogP contribution in [0, 0.1) is 6.92 Å². The quantitative estimate of drug-likeness (QED) is 0.387. The minimum atomic E-state index is -0.978. The number of hydrogen-bond donors (Lipinski definition) is 3. The predicted octanol–water partition coefficient (Wildman–Crippen LogP) is 4.87. The molecule has 0 saturated carbocycles. The lowest BCUT2D eigenvalue weighted by molar-refractivity contribution is 0.0696. The van der Waals surface area contributed by atoms with E-state index in [2.05, 4.69) is 31.8 Å². The van der Waals surface area contributed by atoms with Crippen molar-refractivity contribution in [2.45, 2.75) is 6.92 Å². The Morgan fingerprint density at radius 1 is 1.14 bits per heavy atom. The van der Waals surface area contributed by atoms with Crippen LogP contribution in [-0.4, -0.2) is 23.3 Å². The van der Waals surface area contributed by atoms with Gasteiger partial charge in [-0.2, -0.15) is 5.10 Å². The lowest BCUT2D eigenvalue weighted by Gasteiger charge is -2.04. The standard InChI is InChI=1S/C20H16BrN3O4/c1-12-9-13(19(25)26)5-7-17(12)18-8-6-16(28-18)11-22-24-20(27)23-15-4-2-3-14(21)10-15/h2-11H,1H3,(H,25,26)(H2,23,24,27)/b22-11+. The third-order valence-electron chi connectivity index (χ3n) is 3.81. The van der Waals surface area contributed by atoms with Crippen LogP contribution in [0.5, 0.6) is 0 Å². The fourth-order valence-electron chi connectivity index (χ4n) is 2.52. The zero-order chi connectivity index (χ0) is 20.1. The molecule has 7 nitrogen and oxygen atoms in total. The molecule has 3 N–H and O–H groups in total. The summed E-state index contributed by atoms with van der Waals surface area (Å²) in [6, 6.07) is 15.0. The van der Waals surface area contributed by atoms with E-state index in [0.717, 1.165) is 15.6 Å². The summed E-state index contributed by atoms with van der Waals surface area (Å²) in [5, 5.41) is 15.5. The summed E-state index contributed by atoms with van der Waals surface area (Å²) in [5.41, 5.74) is 4.77. The number of carboxylic acids is 1. The molecule has 3 aromatic rings. The molecule has 0 radical (unpaired) electrons. The zero-order valence-electron chi connectivity index (χ0n) is 14.8. The Morgan fingerprint density at radius 2 is 1.96 bits per heavy atom. The number of carbonyl (C=O) groups excluding carboxylic acids is 1. The summed E-state index contributed by atoms with van der Waals surface area (Å²) in [7, 11) is 0. The van der Waals surface area contributed by atoms with Crippen LogP contribution in [0.15, 0.2) is 68.6 Å². The van der Waals surface area contributed by atoms with E-state index >= 15 is 0 Å². The Balaban J connectivity index is 1.63. The number of furan rings is 1.